The molecule has 1 aliphatic rings. The molecule has 0 aromatic heterocycles. The second-order valence-electron chi connectivity index (χ2n) is 4.89. The molecule has 0 saturated heterocycles. The first-order valence-electron chi connectivity index (χ1n) is 7.21. The maximum Gasteiger partial charge on any atom is 0.315 e. The Bertz CT molecular complexity index is 418. The zero-order valence-electron chi connectivity index (χ0n) is 12.5. The summed E-state index contributed by atoms with van der Waals surface area (Å²) >= 11 is 0. The van der Waals surface area contributed by atoms with Gasteiger partial charge in [0.15, 0.2) is 0 Å². The maximum atomic E-state index is 11.7. The summed E-state index contributed by atoms with van der Waals surface area (Å²) in [5, 5.41) is 14.1. The Morgan fingerprint density at radius 1 is 1.24 bits per heavy atom. The van der Waals surface area contributed by atoms with Gasteiger partial charge in [0.2, 0.25) is 5.91 Å². The van der Waals surface area contributed by atoms with Gasteiger partial charge in [0.1, 0.15) is 0 Å². The minimum absolute atomic E-state index is 0.00648. The third-order valence-corrected chi connectivity index (χ3v) is 3.46. The van der Waals surface area contributed by atoms with E-state index in [1.54, 1.807) is 17.1 Å². The Labute approximate surface area is 124 Å². The van der Waals surface area contributed by atoms with Crippen LogP contribution in [0.2, 0.25) is 0 Å². The van der Waals surface area contributed by atoms with Crippen molar-refractivity contribution in [3.8, 4) is 0 Å². The van der Waals surface area contributed by atoms with Gasteiger partial charge in [-0.05, 0) is 20.3 Å². The molecule has 0 heterocycles. The normalized spacial score (nSPS) is 20.1. The molecule has 118 valence electrons. The number of amides is 3. The van der Waals surface area contributed by atoms with Gasteiger partial charge < -0.3 is 20.6 Å². The number of urea groups is 1. The average molecular weight is 297 g/mol. The molecule has 1 aliphatic carbocycles. The lowest BCUT2D eigenvalue weighted by Gasteiger charge is -2.19. The van der Waals surface area contributed by atoms with Crippen LogP contribution in [0.5, 0.6) is 0 Å². The molecule has 2 unspecified atom stereocenters. The van der Waals surface area contributed by atoms with Crippen molar-refractivity contribution in [2.45, 2.75) is 32.7 Å². The van der Waals surface area contributed by atoms with Gasteiger partial charge >= 0.3 is 12.0 Å². The van der Waals surface area contributed by atoms with E-state index in [-0.39, 0.29) is 30.9 Å². The van der Waals surface area contributed by atoms with Gasteiger partial charge in [0.25, 0.3) is 0 Å². The number of hydrogen-bond acceptors (Lipinski definition) is 3. The van der Waals surface area contributed by atoms with Crippen LogP contribution in [0.3, 0.4) is 0 Å². The highest BCUT2D eigenvalue weighted by atomic mass is 16.4. The van der Waals surface area contributed by atoms with Crippen LogP contribution in [0.25, 0.3) is 0 Å². The van der Waals surface area contributed by atoms with E-state index in [9.17, 15) is 14.4 Å². The molecule has 0 aromatic rings. The van der Waals surface area contributed by atoms with Crippen LogP contribution in [0.15, 0.2) is 12.2 Å². The van der Waals surface area contributed by atoms with Crippen LogP contribution in [-0.4, -0.2) is 53.6 Å². The van der Waals surface area contributed by atoms with E-state index in [2.05, 4.69) is 10.6 Å². The maximum absolute atomic E-state index is 11.7. The summed E-state index contributed by atoms with van der Waals surface area (Å²) in [7, 11) is 0. The zero-order chi connectivity index (χ0) is 15.8. The summed E-state index contributed by atoms with van der Waals surface area (Å²) in [6.07, 6.45) is 3.88. The Balaban J connectivity index is 2.22. The van der Waals surface area contributed by atoms with Crippen molar-refractivity contribution >= 4 is 17.9 Å². The van der Waals surface area contributed by atoms with Crippen LogP contribution < -0.4 is 10.6 Å². The Morgan fingerprint density at radius 2 is 1.90 bits per heavy atom. The molecule has 0 spiro atoms. The molecule has 2 atom stereocenters. The lowest BCUT2D eigenvalue weighted by molar-refractivity contribution is -0.140. The van der Waals surface area contributed by atoms with Crippen LogP contribution in [0, 0.1) is 5.92 Å². The number of hydrogen-bond donors (Lipinski definition) is 3. The molecular weight excluding hydrogens is 274 g/mol. The van der Waals surface area contributed by atoms with Crippen LogP contribution in [0.4, 0.5) is 4.79 Å². The molecule has 7 heteroatoms. The average Bonchev–Trinajstić information content (AvgIpc) is 2.88. The van der Waals surface area contributed by atoms with Gasteiger partial charge in [-0.1, -0.05) is 12.2 Å². The minimum atomic E-state index is -0.888. The fourth-order valence-electron chi connectivity index (χ4n) is 2.23. The number of carbonyl (C=O) groups excluding carboxylic acids is 2. The zero-order valence-corrected chi connectivity index (χ0v) is 12.5. The minimum Gasteiger partial charge on any atom is -0.481 e. The highest BCUT2D eigenvalue weighted by molar-refractivity contribution is 5.79. The predicted octanol–water partition coefficient (Wildman–Crippen LogP) is 0.573. The van der Waals surface area contributed by atoms with Crippen molar-refractivity contribution in [3.63, 3.8) is 0 Å². The largest absolute Gasteiger partial charge is 0.481 e. The lowest BCUT2D eigenvalue weighted by Crippen LogP contribution is -2.42. The Hall–Kier alpha value is -2.05. The molecule has 7 nitrogen and oxygen atoms in total. The van der Waals surface area contributed by atoms with Gasteiger partial charge in [-0.2, -0.15) is 0 Å². The summed E-state index contributed by atoms with van der Waals surface area (Å²) in [5.41, 5.74) is 0. The monoisotopic (exact) mass is 297 g/mol. The van der Waals surface area contributed by atoms with E-state index in [4.69, 9.17) is 5.11 Å². The third kappa shape index (κ3) is 5.45. The van der Waals surface area contributed by atoms with Crippen molar-refractivity contribution in [3.05, 3.63) is 12.2 Å². The molecule has 0 saturated carbocycles. The molecule has 1 rings (SSSR count). The van der Waals surface area contributed by atoms with Gasteiger partial charge in [0.05, 0.1) is 12.0 Å². The number of rotatable bonds is 7. The molecule has 21 heavy (non-hydrogen) atoms. The van der Waals surface area contributed by atoms with Gasteiger partial charge in [-0.15, -0.1) is 0 Å². The molecule has 0 aliphatic heterocycles. The van der Waals surface area contributed by atoms with Gasteiger partial charge in [-0.25, -0.2) is 4.79 Å². The third-order valence-electron chi connectivity index (χ3n) is 3.46. The standard InChI is InChI=1S/C14H23N3O4/c1-3-17(4-2)12(18)7-8-15-14(21)16-11-6-5-10(9-11)13(19)20/h5-6,10-11H,3-4,7-9H2,1-2H3,(H,19,20)(H2,15,16,21). The van der Waals surface area contributed by atoms with Crippen molar-refractivity contribution < 1.29 is 19.5 Å². The van der Waals surface area contributed by atoms with Crippen LogP contribution in [-0.2, 0) is 9.59 Å². The number of aliphatic carboxylic acids is 1. The molecule has 3 N–H and O–H groups in total. The second kappa shape index (κ2) is 8.28. The van der Waals surface area contributed by atoms with E-state index in [1.165, 1.54) is 0 Å². The topological polar surface area (TPSA) is 98.7 Å². The first-order valence-corrected chi connectivity index (χ1v) is 7.21. The van der Waals surface area contributed by atoms with Gasteiger partial charge in [-0.3, -0.25) is 9.59 Å². The SMILES string of the molecule is CCN(CC)C(=O)CCNC(=O)NC1C=CC(C(=O)O)C1. The number of nitrogens with zero attached hydrogens (tertiary/aromatic N) is 1. The van der Waals surface area contributed by atoms with E-state index < -0.39 is 11.9 Å². The van der Waals surface area contributed by atoms with E-state index in [0.717, 1.165) is 0 Å². The Morgan fingerprint density at radius 3 is 2.43 bits per heavy atom. The highest BCUT2D eigenvalue weighted by Crippen LogP contribution is 2.17. The fourth-order valence-corrected chi connectivity index (χ4v) is 2.23. The van der Waals surface area contributed by atoms with Crippen LogP contribution >= 0.6 is 0 Å². The molecule has 0 radical (unpaired) electrons. The number of nitrogens with one attached hydrogen (secondary N) is 2. The molecule has 0 bridgehead atoms. The van der Waals surface area contributed by atoms with Gasteiger partial charge in [0, 0.05) is 26.1 Å². The number of carbonyl (C=O) groups is 3. The smallest absolute Gasteiger partial charge is 0.315 e. The highest BCUT2D eigenvalue weighted by Gasteiger charge is 2.25. The number of carboxylic acids is 1. The number of carboxylic acid groups (broad SMARTS) is 1. The quantitative estimate of drug-likeness (QED) is 0.598. The summed E-state index contributed by atoms with van der Waals surface area (Å²) in [4.78, 5) is 35.8. The fraction of sp³-hybridized carbons (Fsp3) is 0.643. The van der Waals surface area contributed by atoms with Crippen molar-refractivity contribution in [2.24, 2.45) is 5.92 Å². The molecular formula is C14H23N3O4. The lowest BCUT2D eigenvalue weighted by atomic mass is 10.1. The van der Waals surface area contributed by atoms with Crippen LogP contribution in [0.1, 0.15) is 26.7 Å². The molecule has 0 aromatic carbocycles. The first kappa shape index (κ1) is 17.0. The summed E-state index contributed by atoms with van der Waals surface area (Å²) in [6.45, 7) is 5.40. The second-order valence-corrected chi connectivity index (χ2v) is 4.89. The summed E-state index contributed by atoms with van der Waals surface area (Å²) in [5.74, 6) is -1.42. The summed E-state index contributed by atoms with van der Waals surface area (Å²) < 4.78 is 0. The van der Waals surface area contributed by atoms with Crippen molar-refractivity contribution in [1.82, 2.24) is 15.5 Å². The molecule has 0 fully saturated rings. The van der Waals surface area contributed by atoms with E-state index in [0.29, 0.717) is 19.5 Å². The van der Waals surface area contributed by atoms with Crippen molar-refractivity contribution in [2.75, 3.05) is 19.6 Å². The predicted molar refractivity (Wildman–Crippen MR) is 77.8 cm³/mol. The van der Waals surface area contributed by atoms with E-state index >= 15 is 0 Å². The summed E-state index contributed by atoms with van der Waals surface area (Å²) in [6, 6.07) is -0.660. The molecule has 3 amide bonds. The van der Waals surface area contributed by atoms with Crippen molar-refractivity contribution in [1.29, 1.82) is 0 Å². The first-order chi connectivity index (χ1) is 9.97. The van der Waals surface area contributed by atoms with E-state index in [1.807, 2.05) is 13.8 Å². The Kier molecular flexibility index (Phi) is 6.71.